The third-order valence-corrected chi connectivity index (χ3v) is 2.55. The lowest BCUT2D eigenvalue weighted by molar-refractivity contribution is 0.102. The van der Waals surface area contributed by atoms with Crippen molar-refractivity contribution in [2.75, 3.05) is 5.32 Å². The number of nitrogens with one attached hydrogen (secondary N) is 1. The van der Waals surface area contributed by atoms with E-state index in [-0.39, 0.29) is 10.6 Å². The molecule has 1 N–H and O–H groups in total. The molecular weight excluding hydrogens is 281 g/mol. The van der Waals surface area contributed by atoms with Crippen LogP contribution in [0.3, 0.4) is 0 Å². The van der Waals surface area contributed by atoms with E-state index in [4.69, 9.17) is 11.6 Å². The zero-order valence-corrected chi connectivity index (χ0v) is 10.0. The van der Waals surface area contributed by atoms with Gasteiger partial charge in [-0.15, -0.1) is 0 Å². The normalized spacial score (nSPS) is 10.3. The van der Waals surface area contributed by atoms with Crippen LogP contribution in [-0.4, -0.2) is 10.9 Å². The Kier molecular flexibility index (Phi) is 3.71. The molecule has 1 heterocycles. The summed E-state index contributed by atoms with van der Waals surface area (Å²) in [5, 5.41) is 1.75. The second kappa shape index (κ2) is 5.27. The van der Waals surface area contributed by atoms with Gasteiger partial charge >= 0.3 is 0 Å². The number of hydrogen-bond acceptors (Lipinski definition) is 2. The van der Waals surface area contributed by atoms with Crippen LogP contribution in [0.25, 0.3) is 0 Å². The third-order valence-electron chi connectivity index (χ3n) is 2.25. The quantitative estimate of drug-likeness (QED) is 0.860. The first-order valence-corrected chi connectivity index (χ1v) is 5.43. The Morgan fingerprint density at radius 2 is 2.00 bits per heavy atom. The zero-order chi connectivity index (χ0) is 14.0. The molecule has 0 saturated carbocycles. The van der Waals surface area contributed by atoms with Gasteiger partial charge in [0.15, 0.2) is 5.82 Å². The Morgan fingerprint density at radius 3 is 2.63 bits per heavy atom. The second-order valence-corrected chi connectivity index (χ2v) is 3.95. The molecule has 3 nitrogen and oxygen atoms in total. The van der Waals surface area contributed by atoms with Gasteiger partial charge in [0.1, 0.15) is 5.82 Å². The lowest BCUT2D eigenvalue weighted by atomic mass is 10.2. The summed E-state index contributed by atoms with van der Waals surface area (Å²) in [7, 11) is 0. The Labute approximate surface area is 111 Å². The van der Waals surface area contributed by atoms with Gasteiger partial charge in [0.05, 0.1) is 16.3 Å². The molecule has 1 amide bonds. The van der Waals surface area contributed by atoms with Gasteiger partial charge in [0, 0.05) is 12.3 Å². The van der Waals surface area contributed by atoms with Crippen LogP contribution in [0.2, 0.25) is 5.02 Å². The fourth-order valence-electron chi connectivity index (χ4n) is 1.40. The maximum atomic E-state index is 13.4. The molecule has 0 fully saturated rings. The van der Waals surface area contributed by atoms with Gasteiger partial charge in [-0.3, -0.25) is 4.79 Å². The summed E-state index contributed by atoms with van der Waals surface area (Å²) in [6.07, 6.45) is 1.16. The molecule has 19 heavy (non-hydrogen) atoms. The first kappa shape index (κ1) is 13.4. The minimum atomic E-state index is -1.05. The molecule has 98 valence electrons. The van der Waals surface area contributed by atoms with E-state index in [1.807, 2.05) is 0 Å². The van der Waals surface area contributed by atoms with Gasteiger partial charge in [0.25, 0.3) is 5.91 Å². The lowest BCUT2D eigenvalue weighted by Gasteiger charge is -2.08. The maximum absolute atomic E-state index is 13.4. The number of aromatic nitrogens is 1. The molecule has 0 aliphatic carbocycles. The standard InChI is InChI=1S/C12H6ClF3N2O/c13-8-4-6(14)5-9(15)10(8)18-12(19)7-2-1-3-17-11(7)16/h1-5H,(H,18,19). The Morgan fingerprint density at radius 1 is 1.26 bits per heavy atom. The minimum Gasteiger partial charge on any atom is -0.318 e. The molecule has 0 saturated heterocycles. The first-order chi connectivity index (χ1) is 8.99. The van der Waals surface area contributed by atoms with E-state index in [0.717, 1.165) is 12.3 Å². The van der Waals surface area contributed by atoms with E-state index >= 15 is 0 Å². The molecular formula is C12H6ClF3N2O. The SMILES string of the molecule is O=C(Nc1c(F)cc(F)cc1Cl)c1cccnc1F. The van der Waals surface area contributed by atoms with Crippen LogP contribution in [0, 0.1) is 17.6 Å². The van der Waals surface area contributed by atoms with Crippen molar-refractivity contribution in [3.8, 4) is 0 Å². The predicted molar refractivity (Wildman–Crippen MR) is 63.5 cm³/mol. The predicted octanol–water partition coefficient (Wildman–Crippen LogP) is 3.40. The van der Waals surface area contributed by atoms with Crippen molar-refractivity contribution in [2.24, 2.45) is 0 Å². The summed E-state index contributed by atoms with van der Waals surface area (Å²) >= 11 is 5.60. The highest BCUT2D eigenvalue weighted by atomic mass is 35.5. The first-order valence-electron chi connectivity index (χ1n) is 5.05. The summed E-state index contributed by atoms with van der Waals surface area (Å²) in [5.74, 6) is -3.87. The summed E-state index contributed by atoms with van der Waals surface area (Å²) in [6.45, 7) is 0. The number of pyridine rings is 1. The van der Waals surface area contributed by atoms with Gasteiger partial charge in [0.2, 0.25) is 5.95 Å². The highest BCUT2D eigenvalue weighted by molar-refractivity contribution is 6.34. The Bertz CT molecular complexity index is 626. The number of carbonyl (C=O) groups is 1. The summed E-state index contributed by atoms with van der Waals surface area (Å²) < 4.78 is 39.5. The molecule has 0 aliphatic heterocycles. The van der Waals surface area contributed by atoms with E-state index in [0.29, 0.717) is 6.07 Å². The van der Waals surface area contributed by atoms with Gasteiger partial charge in [-0.25, -0.2) is 13.8 Å². The number of benzene rings is 1. The molecule has 0 spiro atoms. The topological polar surface area (TPSA) is 42.0 Å². The van der Waals surface area contributed by atoms with Crippen molar-refractivity contribution >= 4 is 23.2 Å². The Hall–Kier alpha value is -2.08. The Balaban J connectivity index is 2.32. The highest BCUT2D eigenvalue weighted by Gasteiger charge is 2.17. The van der Waals surface area contributed by atoms with Crippen molar-refractivity contribution in [3.63, 3.8) is 0 Å². The van der Waals surface area contributed by atoms with Crippen LogP contribution in [0.5, 0.6) is 0 Å². The number of carbonyl (C=O) groups excluding carboxylic acids is 1. The fourth-order valence-corrected chi connectivity index (χ4v) is 1.64. The van der Waals surface area contributed by atoms with Crippen molar-refractivity contribution in [1.29, 1.82) is 0 Å². The number of anilines is 1. The lowest BCUT2D eigenvalue weighted by Crippen LogP contribution is -2.15. The van der Waals surface area contributed by atoms with Crippen LogP contribution in [-0.2, 0) is 0 Å². The fraction of sp³-hybridized carbons (Fsp3) is 0. The van der Waals surface area contributed by atoms with Crippen LogP contribution in [0.1, 0.15) is 10.4 Å². The summed E-state index contributed by atoms with van der Waals surface area (Å²) in [5.41, 5.74) is -0.793. The molecule has 0 bridgehead atoms. The molecule has 0 unspecified atom stereocenters. The smallest absolute Gasteiger partial charge is 0.260 e. The molecule has 2 aromatic rings. The minimum absolute atomic E-state index is 0.324. The summed E-state index contributed by atoms with van der Waals surface area (Å²) in [6, 6.07) is 3.91. The van der Waals surface area contributed by atoms with E-state index in [9.17, 15) is 18.0 Å². The van der Waals surface area contributed by atoms with Gasteiger partial charge in [-0.1, -0.05) is 11.6 Å². The van der Waals surface area contributed by atoms with E-state index < -0.39 is 29.2 Å². The second-order valence-electron chi connectivity index (χ2n) is 3.54. The molecule has 1 aromatic carbocycles. The van der Waals surface area contributed by atoms with Crippen molar-refractivity contribution in [2.45, 2.75) is 0 Å². The number of hydrogen-bond donors (Lipinski definition) is 1. The van der Waals surface area contributed by atoms with E-state index in [2.05, 4.69) is 10.3 Å². The zero-order valence-electron chi connectivity index (χ0n) is 9.25. The molecule has 7 heteroatoms. The van der Waals surface area contributed by atoms with Crippen LogP contribution < -0.4 is 5.32 Å². The number of amides is 1. The van der Waals surface area contributed by atoms with Gasteiger partial charge in [-0.05, 0) is 18.2 Å². The summed E-state index contributed by atoms with van der Waals surface area (Å²) in [4.78, 5) is 15.0. The van der Waals surface area contributed by atoms with Crippen molar-refractivity contribution in [3.05, 3.63) is 58.6 Å². The molecule has 0 radical (unpaired) electrons. The molecule has 1 aromatic heterocycles. The molecule has 0 atom stereocenters. The number of rotatable bonds is 2. The van der Waals surface area contributed by atoms with Crippen LogP contribution in [0.15, 0.2) is 30.5 Å². The van der Waals surface area contributed by atoms with Crippen LogP contribution >= 0.6 is 11.6 Å². The van der Waals surface area contributed by atoms with Crippen molar-refractivity contribution < 1.29 is 18.0 Å². The average molecular weight is 287 g/mol. The maximum Gasteiger partial charge on any atom is 0.260 e. The van der Waals surface area contributed by atoms with Gasteiger partial charge in [-0.2, -0.15) is 4.39 Å². The monoisotopic (exact) mass is 286 g/mol. The van der Waals surface area contributed by atoms with Gasteiger partial charge < -0.3 is 5.32 Å². The number of nitrogens with zero attached hydrogens (tertiary/aromatic N) is 1. The van der Waals surface area contributed by atoms with Crippen molar-refractivity contribution in [1.82, 2.24) is 4.98 Å². The van der Waals surface area contributed by atoms with E-state index in [1.165, 1.54) is 12.1 Å². The van der Waals surface area contributed by atoms with Crippen LogP contribution in [0.4, 0.5) is 18.9 Å². The highest BCUT2D eigenvalue weighted by Crippen LogP contribution is 2.26. The number of halogens is 4. The molecule has 0 aliphatic rings. The van der Waals surface area contributed by atoms with E-state index in [1.54, 1.807) is 0 Å². The largest absolute Gasteiger partial charge is 0.318 e. The average Bonchev–Trinajstić information content (AvgIpc) is 2.34. The molecule has 2 rings (SSSR count). The third kappa shape index (κ3) is 2.85.